The van der Waals surface area contributed by atoms with Crippen LogP contribution in [0.2, 0.25) is 5.79 Å². The molecule has 49 valence electrons. The lowest BCUT2D eigenvalue weighted by Gasteiger charge is -1.36. The molecule has 6 heteroatoms. The van der Waals surface area contributed by atoms with Gasteiger partial charge < -0.3 is 21.9 Å². The Morgan fingerprint density at radius 3 is 1.00 bits per heavy atom. The van der Waals surface area contributed by atoms with Gasteiger partial charge in [-0.3, -0.25) is 10.0 Å². The summed E-state index contributed by atoms with van der Waals surface area (Å²) in [6.07, 6.45) is 0. The number of hydrogen-bond donors (Lipinski definition) is 0. The Hall–Kier alpha value is 0.662. The van der Waals surface area contributed by atoms with Gasteiger partial charge >= 0.3 is 14.3 Å². The summed E-state index contributed by atoms with van der Waals surface area (Å²) in [6, 6.07) is 0. The molecule has 0 aliphatic carbocycles. The summed E-state index contributed by atoms with van der Waals surface area (Å²) in [6.45, 7) is 0. The van der Waals surface area contributed by atoms with Gasteiger partial charge in [-0.2, -0.15) is 0 Å². The fourth-order valence-electron chi connectivity index (χ4n) is 0. The molecule has 0 bridgehead atoms. The Morgan fingerprint density at radius 1 is 1.00 bits per heavy atom. The molecule has 0 unspecified atom stereocenters. The molecule has 0 saturated carbocycles. The van der Waals surface area contributed by atoms with E-state index in [0.717, 1.165) is 0 Å². The van der Waals surface area contributed by atoms with Gasteiger partial charge in [0, 0.05) is 0 Å². The van der Waals surface area contributed by atoms with E-state index < -0.39 is 0 Å². The predicted molar refractivity (Wildman–Crippen MR) is 31.9 cm³/mol. The Labute approximate surface area is 52.6 Å². The second-order valence-electron chi connectivity index (χ2n) is 0.218. The van der Waals surface area contributed by atoms with Crippen molar-refractivity contribution in [2.24, 2.45) is 0 Å². The van der Waals surface area contributed by atoms with E-state index in [4.69, 9.17) is 10.0 Å². The third kappa shape index (κ3) is 330. The molecule has 7 heavy (non-hydrogen) atoms. The molecule has 0 heterocycles. The third-order valence-corrected chi connectivity index (χ3v) is 0. The minimum atomic E-state index is 0. The maximum Gasteiger partial charge on any atom is 0.352 e. The van der Waals surface area contributed by atoms with Crippen molar-refractivity contribution in [3.8, 4) is 0 Å². The van der Waals surface area contributed by atoms with Crippen LogP contribution in [0.15, 0.2) is 0 Å². The first-order valence-corrected chi connectivity index (χ1v) is 3.70. The van der Waals surface area contributed by atoms with Gasteiger partial charge in [0.2, 0.25) is 0 Å². The van der Waals surface area contributed by atoms with Gasteiger partial charge in [0.25, 0.3) is 0 Å². The Morgan fingerprint density at radius 2 is 1.00 bits per heavy atom. The average Bonchev–Trinajstić information content (AvgIpc) is 0.918. The normalized spacial score (nSPS) is 2.00. The SMILES string of the molecule is O.O.O.O.[CH3][Al][Cl]. The Bertz CT molecular complexity index is 11.7. The molecule has 0 aromatic heterocycles. The first kappa shape index (κ1) is 48.0. The van der Waals surface area contributed by atoms with Crippen molar-refractivity contribution in [3.63, 3.8) is 0 Å². The lowest BCUT2D eigenvalue weighted by Crippen LogP contribution is -1.45. The molecule has 0 spiro atoms. The van der Waals surface area contributed by atoms with Crippen LogP contribution in [-0.4, -0.2) is 36.2 Å². The summed E-state index contributed by atoms with van der Waals surface area (Å²) in [7, 11) is 5.08. The van der Waals surface area contributed by atoms with Gasteiger partial charge in [-0.15, -0.1) is 0 Å². The molecule has 8 N–H and O–H groups in total. The van der Waals surface area contributed by atoms with Crippen LogP contribution >= 0.6 is 10.0 Å². The van der Waals surface area contributed by atoms with E-state index in [1.807, 2.05) is 5.79 Å². The fraction of sp³-hybridized carbons (Fsp3) is 1.00. The zero-order chi connectivity index (χ0) is 2.71. The van der Waals surface area contributed by atoms with Gasteiger partial charge in [0.05, 0.1) is 0 Å². The van der Waals surface area contributed by atoms with Gasteiger partial charge in [-0.1, -0.05) is 5.79 Å². The van der Waals surface area contributed by atoms with Crippen molar-refractivity contribution in [3.05, 3.63) is 0 Å². The Balaban J connectivity index is -0.00000000333. The van der Waals surface area contributed by atoms with Crippen molar-refractivity contribution in [1.29, 1.82) is 0 Å². The van der Waals surface area contributed by atoms with E-state index in [9.17, 15) is 0 Å². The van der Waals surface area contributed by atoms with Crippen molar-refractivity contribution >= 4 is 24.3 Å². The highest BCUT2D eigenvalue weighted by Crippen LogP contribution is 1.54. The van der Waals surface area contributed by atoms with Crippen LogP contribution in [0.4, 0.5) is 0 Å². The molecule has 0 aliphatic heterocycles. The number of halogens is 1. The molecule has 0 amide bonds. The van der Waals surface area contributed by atoms with Crippen LogP contribution in [0, 0.1) is 0 Å². The van der Waals surface area contributed by atoms with Crippen LogP contribution in [-0.2, 0) is 0 Å². The standard InChI is InChI=1S/CH3.Al.ClH.4H2O/h1H3;;1H;4*1H2/q;+1;;;;;/p-1. The molecular weight excluding hydrogens is 138 g/mol. The molecule has 0 rings (SSSR count). The quantitative estimate of drug-likeness (QED) is 0.340. The van der Waals surface area contributed by atoms with Crippen LogP contribution in [0.3, 0.4) is 0 Å². The summed E-state index contributed by atoms with van der Waals surface area (Å²) in [5.41, 5.74) is 0. The topological polar surface area (TPSA) is 126 Å². The maximum absolute atomic E-state index is 5.08. The largest absolute Gasteiger partial charge is 0.412 e. The molecule has 1 radical (unpaired) electrons. The van der Waals surface area contributed by atoms with E-state index in [-0.39, 0.29) is 36.2 Å². The summed E-state index contributed by atoms with van der Waals surface area (Å²) in [5.74, 6) is 1.97. The van der Waals surface area contributed by atoms with E-state index >= 15 is 0 Å². The molecule has 0 aromatic carbocycles. The van der Waals surface area contributed by atoms with E-state index in [2.05, 4.69) is 0 Å². The van der Waals surface area contributed by atoms with Gasteiger partial charge in [-0.05, 0) is 0 Å². The lowest BCUT2D eigenvalue weighted by atomic mass is 11.9. The van der Waals surface area contributed by atoms with E-state index in [1.165, 1.54) is 0 Å². The third-order valence-electron chi connectivity index (χ3n) is 0. The lowest BCUT2D eigenvalue weighted by molar-refractivity contribution is 0.823. The van der Waals surface area contributed by atoms with Crippen molar-refractivity contribution in [2.45, 2.75) is 5.79 Å². The molecule has 0 saturated heterocycles. The molecular formula is CH11AlClO4. The van der Waals surface area contributed by atoms with Crippen molar-refractivity contribution in [1.82, 2.24) is 0 Å². The zero-order valence-corrected chi connectivity index (χ0v) is 5.87. The minimum Gasteiger partial charge on any atom is -0.412 e. The fourth-order valence-corrected chi connectivity index (χ4v) is 0. The summed E-state index contributed by atoms with van der Waals surface area (Å²) in [4.78, 5) is 0. The first-order chi connectivity index (χ1) is 1.41. The summed E-state index contributed by atoms with van der Waals surface area (Å²) in [5, 5.41) is 0. The number of rotatable bonds is 0. The van der Waals surface area contributed by atoms with Gasteiger partial charge in [0.15, 0.2) is 0 Å². The molecule has 0 aliphatic rings. The Kier molecular flexibility index (Phi) is 530. The first-order valence-electron chi connectivity index (χ1n) is 0.796. The highest BCUT2D eigenvalue weighted by atomic mass is 35.6. The molecule has 0 fully saturated rings. The van der Waals surface area contributed by atoms with Gasteiger partial charge in [-0.25, -0.2) is 0 Å². The zero-order valence-electron chi connectivity index (χ0n) is 3.96. The average molecular weight is 150 g/mol. The van der Waals surface area contributed by atoms with Crippen LogP contribution < -0.4 is 0 Å². The van der Waals surface area contributed by atoms with E-state index in [1.54, 1.807) is 0 Å². The second-order valence-corrected chi connectivity index (χ2v) is 1.96. The maximum atomic E-state index is 5.08. The summed E-state index contributed by atoms with van der Waals surface area (Å²) >= 11 is 0.222. The second kappa shape index (κ2) is 77.3. The monoisotopic (exact) mass is 149 g/mol. The van der Waals surface area contributed by atoms with Crippen molar-refractivity contribution < 1.29 is 21.9 Å². The molecule has 0 atom stereocenters. The smallest absolute Gasteiger partial charge is 0.352 e. The predicted octanol–water partition coefficient (Wildman–Crippen LogP) is -2.41. The van der Waals surface area contributed by atoms with Crippen LogP contribution in [0.5, 0.6) is 0 Å². The van der Waals surface area contributed by atoms with E-state index in [0.29, 0.717) is 0 Å². The number of hydrogen-bond acceptors (Lipinski definition) is 0. The molecule has 4 nitrogen and oxygen atoms in total. The summed E-state index contributed by atoms with van der Waals surface area (Å²) < 4.78 is 0. The minimum absolute atomic E-state index is 0. The van der Waals surface area contributed by atoms with Crippen LogP contribution in [0.25, 0.3) is 0 Å². The molecule has 0 aromatic rings. The van der Waals surface area contributed by atoms with Crippen molar-refractivity contribution in [2.75, 3.05) is 0 Å². The van der Waals surface area contributed by atoms with Gasteiger partial charge in [0.1, 0.15) is 0 Å². The van der Waals surface area contributed by atoms with Crippen LogP contribution in [0.1, 0.15) is 0 Å². The highest BCUT2D eigenvalue weighted by molar-refractivity contribution is 6.92. The highest BCUT2D eigenvalue weighted by Gasteiger charge is 1.52.